The molecule has 2 N–H and O–H groups in total. The largest absolute Gasteiger partial charge is 0.371 e. The molecular formula is C19H23N3O. The van der Waals surface area contributed by atoms with Crippen molar-refractivity contribution in [2.24, 2.45) is 4.99 Å². The van der Waals surface area contributed by atoms with Crippen molar-refractivity contribution in [2.75, 3.05) is 18.0 Å². The fraction of sp³-hybridized carbons (Fsp3) is 0.316. The molecule has 0 aromatic heterocycles. The topological polar surface area (TPSA) is 47.9 Å². The Morgan fingerprint density at radius 3 is 2.39 bits per heavy atom. The summed E-state index contributed by atoms with van der Waals surface area (Å²) in [5.41, 5.74) is 5.50. The number of rotatable bonds is 4. The number of hydrogen-bond donors (Lipinski definition) is 2. The van der Waals surface area contributed by atoms with E-state index in [2.05, 4.69) is 21.4 Å². The van der Waals surface area contributed by atoms with Gasteiger partial charge in [0.05, 0.1) is 6.54 Å². The van der Waals surface area contributed by atoms with Crippen molar-refractivity contribution in [2.45, 2.75) is 25.8 Å². The predicted molar refractivity (Wildman–Crippen MR) is 94.1 cm³/mol. The van der Waals surface area contributed by atoms with Gasteiger partial charge in [0.15, 0.2) is 5.84 Å². The molecule has 0 spiro atoms. The first-order valence-electron chi connectivity index (χ1n) is 8.21. The minimum atomic E-state index is 0.523. The Morgan fingerprint density at radius 1 is 0.957 bits per heavy atom. The van der Waals surface area contributed by atoms with Gasteiger partial charge in [-0.3, -0.25) is 15.7 Å². The molecule has 120 valence electrons. The van der Waals surface area contributed by atoms with Crippen LogP contribution in [0.1, 0.15) is 30.4 Å². The number of nitrogens with one attached hydrogen (secondary N) is 1. The van der Waals surface area contributed by atoms with Gasteiger partial charge in [0.25, 0.3) is 0 Å². The summed E-state index contributed by atoms with van der Waals surface area (Å²) in [7, 11) is 0. The van der Waals surface area contributed by atoms with Crippen molar-refractivity contribution < 1.29 is 5.21 Å². The first-order valence-corrected chi connectivity index (χ1v) is 8.21. The lowest BCUT2D eigenvalue weighted by Crippen LogP contribution is -2.32. The highest BCUT2D eigenvalue weighted by atomic mass is 16.5. The second kappa shape index (κ2) is 7.79. The lowest BCUT2D eigenvalue weighted by Gasteiger charge is -2.30. The van der Waals surface area contributed by atoms with E-state index >= 15 is 0 Å². The molecule has 0 amide bonds. The monoisotopic (exact) mass is 309 g/mol. The molecule has 3 rings (SSSR count). The van der Waals surface area contributed by atoms with Crippen molar-refractivity contribution >= 4 is 11.5 Å². The molecule has 0 radical (unpaired) electrons. The third kappa shape index (κ3) is 3.90. The number of hydroxylamine groups is 1. The van der Waals surface area contributed by atoms with Crippen LogP contribution in [-0.2, 0) is 6.54 Å². The molecule has 1 aliphatic rings. The average Bonchev–Trinajstić information content (AvgIpc) is 2.64. The van der Waals surface area contributed by atoms with Gasteiger partial charge in [-0.25, -0.2) is 0 Å². The van der Waals surface area contributed by atoms with E-state index < -0.39 is 0 Å². The zero-order chi connectivity index (χ0) is 15.9. The van der Waals surface area contributed by atoms with E-state index in [0.29, 0.717) is 12.4 Å². The van der Waals surface area contributed by atoms with E-state index in [1.807, 2.05) is 48.5 Å². The Hall–Kier alpha value is -2.33. The molecule has 2 aromatic carbocycles. The lowest BCUT2D eigenvalue weighted by molar-refractivity contribution is 0.234. The van der Waals surface area contributed by atoms with Crippen LogP contribution in [0.2, 0.25) is 0 Å². The maximum atomic E-state index is 9.58. The summed E-state index contributed by atoms with van der Waals surface area (Å²) in [5, 5.41) is 9.58. The summed E-state index contributed by atoms with van der Waals surface area (Å²) in [6.45, 7) is 2.67. The van der Waals surface area contributed by atoms with Gasteiger partial charge in [-0.1, -0.05) is 42.5 Å². The van der Waals surface area contributed by atoms with Crippen molar-refractivity contribution in [1.82, 2.24) is 5.48 Å². The standard InChI is InChI=1S/C19H23N3O/c23-21-19(20-15-16-9-3-1-4-10-16)17-11-5-6-12-18(17)22-13-7-2-8-14-22/h1,3-6,9-12,23H,2,7-8,13-15H2,(H,20,21). The summed E-state index contributed by atoms with van der Waals surface area (Å²) < 4.78 is 0. The molecule has 0 saturated carbocycles. The van der Waals surface area contributed by atoms with Crippen LogP contribution in [0.5, 0.6) is 0 Å². The number of nitrogens with zero attached hydrogens (tertiary/aromatic N) is 2. The van der Waals surface area contributed by atoms with Crippen LogP contribution in [0.3, 0.4) is 0 Å². The highest BCUT2D eigenvalue weighted by Gasteiger charge is 2.16. The Bertz CT molecular complexity index is 649. The number of anilines is 1. The number of aliphatic imine (C=N–C) groups is 1. The van der Waals surface area contributed by atoms with Gasteiger partial charge in [-0.05, 0) is 37.0 Å². The minimum Gasteiger partial charge on any atom is -0.371 e. The zero-order valence-corrected chi connectivity index (χ0v) is 13.3. The molecule has 0 aliphatic carbocycles. The number of benzene rings is 2. The Morgan fingerprint density at radius 2 is 1.65 bits per heavy atom. The van der Waals surface area contributed by atoms with Crippen LogP contribution in [0.25, 0.3) is 0 Å². The van der Waals surface area contributed by atoms with Crippen molar-refractivity contribution in [3.05, 3.63) is 65.7 Å². The van der Waals surface area contributed by atoms with Gasteiger partial charge in [-0.2, -0.15) is 0 Å². The maximum absolute atomic E-state index is 9.58. The summed E-state index contributed by atoms with van der Waals surface area (Å²) in [5.74, 6) is 0.523. The second-order valence-electron chi connectivity index (χ2n) is 5.83. The minimum absolute atomic E-state index is 0.523. The van der Waals surface area contributed by atoms with E-state index in [-0.39, 0.29) is 0 Å². The first-order chi connectivity index (χ1) is 11.4. The van der Waals surface area contributed by atoms with E-state index in [9.17, 15) is 5.21 Å². The van der Waals surface area contributed by atoms with Crippen LogP contribution in [0, 0.1) is 0 Å². The SMILES string of the molecule is ONC(=NCc1ccccc1)c1ccccc1N1CCCCC1. The van der Waals surface area contributed by atoms with Crippen LogP contribution >= 0.6 is 0 Å². The molecule has 2 aromatic rings. The number of para-hydroxylation sites is 1. The van der Waals surface area contributed by atoms with Crippen LogP contribution in [0.15, 0.2) is 59.6 Å². The van der Waals surface area contributed by atoms with E-state index in [0.717, 1.165) is 29.9 Å². The molecule has 23 heavy (non-hydrogen) atoms. The lowest BCUT2D eigenvalue weighted by atomic mass is 10.1. The average molecular weight is 309 g/mol. The van der Waals surface area contributed by atoms with Gasteiger partial charge < -0.3 is 4.90 Å². The van der Waals surface area contributed by atoms with Crippen LogP contribution in [-0.4, -0.2) is 24.1 Å². The quantitative estimate of drug-likeness (QED) is 0.515. The predicted octanol–water partition coefficient (Wildman–Crippen LogP) is 3.60. The van der Waals surface area contributed by atoms with Crippen molar-refractivity contribution in [3.63, 3.8) is 0 Å². The molecule has 4 nitrogen and oxygen atoms in total. The third-order valence-corrected chi connectivity index (χ3v) is 4.22. The first kappa shape index (κ1) is 15.6. The zero-order valence-electron chi connectivity index (χ0n) is 13.3. The molecular weight excluding hydrogens is 286 g/mol. The molecule has 4 heteroatoms. The van der Waals surface area contributed by atoms with Gasteiger partial charge >= 0.3 is 0 Å². The molecule has 0 unspecified atom stereocenters. The molecule has 1 saturated heterocycles. The Labute approximate surface area is 137 Å². The van der Waals surface area contributed by atoms with Gasteiger partial charge in [0.2, 0.25) is 0 Å². The summed E-state index contributed by atoms with van der Waals surface area (Å²) in [6.07, 6.45) is 3.74. The molecule has 1 fully saturated rings. The fourth-order valence-corrected chi connectivity index (χ4v) is 3.02. The molecule has 0 atom stereocenters. The van der Waals surface area contributed by atoms with Crippen molar-refractivity contribution in [3.8, 4) is 0 Å². The van der Waals surface area contributed by atoms with Crippen LogP contribution < -0.4 is 10.4 Å². The third-order valence-electron chi connectivity index (χ3n) is 4.22. The van der Waals surface area contributed by atoms with Crippen LogP contribution in [0.4, 0.5) is 5.69 Å². The van der Waals surface area contributed by atoms with Gasteiger partial charge in [-0.15, -0.1) is 0 Å². The smallest absolute Gasteiger partial charge is 0.154 e. The second-order valence-corrected chi connectivity index (χ2v) is 5.83. The Kier molecular flexibility index (Phi) is 5.27. The number of amidine groups is 1. The highest BCUT2D eigenvalue weighted by molar-refractivity contribution is 6.03. The van der Waals surface area contributed by atoms with Gasteiger partial charge in [0, 0.05) is 24.3 Å². The molecule has 0 bridgehead atoms. The highest BCUT2D eigenvalue weighted by Crippen LogP contribution is 2.24. The van der Waals surface area contributed by atoms with E-state index in [1.54, 1.807) is 0 Å². The molecule has 1 aliphatic heterocycles. The van der Waals surface area contributed by atoms with E-state index in [1.165, 1.54) is 19.3 Å². The number of hydrogen-bond acceptors (Lipinski definition) is 3. The van der Waals surface area contributed by atoms with Crippen molar-refractivity contribution in [1.29, 1.82) is 0 Å². The maximum Gasteiger partial charge on any atom is 0.154 e. The number of piperidine rings is 1. The summed E-state index contributed by atoms with van der Waals surface area (Å²) in [4.78, 5) is 6.95. The van der Waals surface area contributed by atoms with Gasteiger partial charge in [0.1, 0.15) is 0 Å². The van der Waals surface area contributed by atoms with E-state index in [4.69, 9.17) is 0 Å². The molecule has 1 heterocycles. The summed E-state index contributed by atoms with van der Waals surface area (Å²) >= 11 is 0. The summed E-state index contributed by atoms with van der Waals surface area (Å²) in [6, 6.07) is 18.2. The Balaban J connectivity index is 1.86. The fourth-order valence-electron chi connectivity index (χ4n) is 3.02. The normalized spacial score (nSPS) is 15.5.